The summed E-state index contributed by atoms with van der Waals surface area (Å²) in [6.45, 7) is 2.38. The maximum Gasteiger partial charge on any atom is 0.0541 e. The first-order valence-electron chi connectivity index (χ1n) is 14.4. The molecule has 2 heterocycles. The number of fused-ring (bicyclic) bond motifs is 6. The number of hydrogen-bond acceptors (Lipinski definition) is 0. The van der Waals surface area contributed by atoms with E-state index in [0.717, 1.165) is 0 Å². The van der Waals surface area contributed by atoms with Crippen LogP contribution in [0, 0.1) is 0 Å². The molecule has 0 atom stereocenters. The van der Waals surface area contributed by atoms with Crippen LogP contribution in [0.3, 0.4) is 0 Å². The van der Waals surface area contributed by atoms with E-state index in [4.69, 9.17) is 0 Å². The SMILES string of the molecule is CCC1(n2c3ccccc3c3cc(-c4ccc5c(c4)c4ccccc4n5-c4ccccc4)ccc32)CCCC1. The van der Waals surface area contributed by atoms with Crippen LogP contribution < -0.4 is 0 Å². The van der Waals surface area contributed by atoms with Crippen molar-refractivity contribution in [2.24, 2.45) is 0 Å². The van der Waals surface area contributed by atoms with Crippen molar-refractivity contribution < 1.29 is 0 Å². The molecule has 0 unspecified atom stereocenters. The largest absolute Gasteiger partial charge is 0.334 e. The molecule has 0 radical (unpaired) electrons. The summed E-state index contributed by atoms with van der Waals surface area (Å²) in [4.78, 5) is 0. The average molecular weight is 505 g/mol. The molecule has 190 valence electrons. The Bertz CT molecular complexity index is 2000. The van der Waals surface area contributed by atoms with Gasteiger partial charge < -0.3 is 9.13 Å². The second-order valence-corrected chi connectivity index (χ2v) is 11.3. The topological polar surface area (TPSA) is 9.86 Å². The van der Waals surface area contributed by atoms with E-state index < -0.39 is 0 Å². The molecule has 0 bridgehead atoms. The summed E-state index contributed by atoms with van der Waals surface area (Å²) >= 11 is 0. The summed E-state index contributed by atoms with van der Waals surface area (Å²) in [6, 6.07) is 42.7. The highest BCUT2D eigenvalue weighted by atomic mass is 15.1. The van der Waals surface area contributed by atoms with Gasteiger partial charge in [-0.2, -0.15) is 0 Å². The first-order chi connectivity index (χ1) is 19.3. The summed E-state index contributed by atoms with van der Waals surface area (Å²) in [5.74, 6) is 0. The lowest BCUT2D eigenvalue weighted by Crippen LogP contribution is -2.29. The Hall–Kier alpha value is -4.30. The Labute approximate surface area is 229 Å². The summed E-state index contributed by atoms with van der Waals surface area (Å²) in [5, 5.41) is 5.33. The maximum absolute atomic E-state index is 2.70. The van der Waals surface area contributed by atoms with Gasteiger partial charge in [0.1, 0.15) is 0 Å². The number of nitrogens with zero attached hydrogens (tertiary/aromatic N) is 2. The van der Waals surface area contributed by atoms with Gasteiger partial charge in [-0.1, -0.05) is 86.5 Å². The van der Waals surface area contributed by atoms with Crippen LogP contribution in [-0.4, -0.2) is 9.13 Å². The molecule has 0 amide bonds. The zero-order valence-corrected chi connectivity index (χ0v) is 22.4. The molecule has 8 rings (SSSR count). The van der Waals surface area contributed by atoms with Gasteiger partial charge in [0.15, 0.2) is 0 Å². The zero-order valence-electron chi connectivity index (χ0n) is 22.4. The van der Waals surface area contributed by atoms with E-state index in [9.17, 15) is 0 Å². The number of para-hydroxylation sites is 3. The smallest absolute Gasteiger partial charge is 0.0541 e. The first kappa shape index (κ1) is 22.7. The molecule has 2 aromatic heterocycles. The van der Waals surface area contributed by atoms with Crippen LogP contribution >= 0.6 is 0 Å². The maximum atomic E-state index is 2.70. The average Bonchev–Trinajstić information content (AvgIpc) is 3.70. The van der Waals surface area contributed by atoms with Crippen molar-refractivity contribution >= 4 is 43.6 Å². The van der Waals surface area contributed by atoms with Crippen LogP contribution in [0.1, 0.15) is 39.0 Å². The van der Waals surface area contributed by atoms with Gasteiger partial charge in [0.05, 0.1) is 11.0 Å². The molecule has 7 aromatic rings. The van der Waals surface area contributed by atoms with E-state index in [1.54, 1.807) is 0 Å². The fraction of sp³-hybridized carbons (Fsp3) is 0.189. The summed E-state index contributed by atoms with van der Waals surface area (Å²) in [5.41, 5.74) is 9.23. The second-order valence-electron chi connectivity index (χ2n) is 11.3. The highest BCUT2D eigenvalue weighted by Gasteiger charge is 2.36. The van der Waals surface area contributed by atoms with E-state index in [-0.39, 0.29) is 5.54 Å². The molecule has 1 aliphatic rings. The van der Waals surface area contributed by atoms with Crippen LogP contribution in [0.5, 0.6) is 0 Å². The van der Waals surface area contributed by atoms with Gasteiger partial charge in [-0.25, -0.2) is 0 Å². The van der Waals surface area contributed by atoms with Crippen molar-refractivity contribution in [2.75, 3.05) is 0 Å². The molecule has 39 heavy (non-hydrogen) atoms. The van der Waals surface area contributed by atoms with Gasteiger partial charge in [-0.15, -0.1) is 0 Å². The number of aromatic nitrogens is 2. The minimum atomic E-state index is 0.237. The number of benzene rings is 5. The van der Waals surface area contributed by atoms with E-state index in [0.29, 0.717) is 0 Å². The van der Waals surface area contributed by atoms with E-state index in [2.05, 4.69) is 131 Å². The third kappa shape index (κ3) is 3.27. The third-order valence-corrected chi connectivity index (χ3v) is 9.36. The molecule has 0 spiro atoms. The zero-order chi connectivity index (χ0) is 26.0. The van der Waals surface area contributed by atoms with Crippen molar-refractivity contribution in [2.45, 2.75) is 44.6 Å². The lowest BCUT2D eigenvalue weighted by molar-refractivity contribution is 0.300. The fourth-order valence-corrected chi connectivity index (χ4v) is 7.44. The normalized spacial score (nSPS) is 15.2. The molecule has 0 saturated heterocycles. The lowest BCUT2D eigenvalue weighted by Gasteiger charge is -2.32. The van der Waals surface area contributed by atoms with Gasteiger partial charge in [0.2, 0.25) is 0 Å². The van der Waals surface area contributed by atoms with Crippen LogP contribution in [0.4, 0.5) is 0 Å². The predicted octanol–water partition coefficient (Wildman–Crippen LogP) is 10.2. The summed E-state index contributed by atoms with van der Waals surface area (Å²) in [6.07, 6.45) is 6.40. The Kier molecular flexibility index (Phi) is 5.00. The van der Waals surface area contributed by atoms with Crippen molar-refractivity contribution in [3.63, 3.8) is 0 Å². The highest BCUT2D eigenvalue weighted by Crippen LogP contribution is 2.46. The van der Waals surface area contributed by atoms with Crippen LogP contribution in [0.15, 0.2) is 115 Å². The van der Waals surface area contributed by atoms with E-state index in [1.165, 1.54) is 92.5 Å². The third-order valence-electron chi connectivity index (χ3n) is 9.36. The second kappa shape index (κ2) is 8.61. The van der Waals surface area contributed by atoms with Crippen molar-refractivity contribution in [1.82, 2.24) is 9.13 Å². The number of hydrogen-bond donors (Lipinski definition) is 0. The van der Waals surface area contributed by atoms with Crippen molar-refractivity contribution in [1.29, 1.82) is 0 Å². The molecule has 5 aromatic carbocycles. The molecular weight excluding hydrogens is 472 g/mol. The molecular formula is C37H32N2. The van der Waals surface area contributed by atoms with Gasteiger partial charge in [-0.3, -0.25) is 0 Å². The molecule has 2 heteroatoms. The first-order valence-corrected chi connectivity index (χ1v) is 14.4. The van der Waals surface area contributed by atoms with Crippen molar-refractivity contribution in [3.8, 4) is 16.8 Å². The van der Waals surface area contributed by atoms with Gasteiger partial charge >= 0.3 is 0 Å². The Morgan fingerprint density at radius 2 is 1.05 bits per heavy atom. The molecule has 1 fully saturated rings. The Morgan fingerprint density at radius 3 is 1.74 bits per heavy atom. The molecule has 0 N–H and O–H groups in total. The lowest BCUT2D eigenvalue weighted by atomic mass is 9.93. The minimum Gasteiger partial charge on any atom is -0.334 e. The van der Waals surface area contributed by atoms with Gasteiger partial charge in [-0.05, 0) is 78.9 Å². The van der Waals surface area contributed by atoms with E-state index >= 15 is 0 Å². The molecule has 2 nitrogen and oxygen atoms in total. The highest BCUT2D eigenvalue weighted by molar-refractivity contribution is 6.12. The Morgan fingerprint density at radius 1 is 0.538 bits per heavy atom. The summed E-state index contributed by atoms with van der Waals surface area (Å²) in [7, 11) is 0. The van der Waals surface area contributed by atoms with Gasteiger partial charge in [0, 0.05) is 43.8 Å². The van der Waals surface area contributed by atoms with Crippen LogP contribution in [-0.2, 0) is 5.54 Å². The van der Waals surface area contributed by atoms with E-state index in [1.807, 2.05) is 0 Å². The summed E-state index contributed by atoms with van der Waals surface area (Å²) < 4.78 is 5.09. The molecule has 0 aliphatic heterocycles. The number of rotatable bonds is 4. The van der Waals surface area contributed by atoms with Gasteiger partial charge in [0.25, 0.3) is 0 Å². The minimum absolute atomic E-state index is 0.237. The molecule has 1 aliphatic carbocycles. The van der Waals surface area contributed by atoms with Crippen LogP contribution in [0.2, 0.25) is 0 Å². The molecule has 1 saturated carbocycles. The quantitative estimate of drug-likeness (QED) is 0.226. The predicted molar refractivity (Wildman–Crippen MR) is 166 cm³/mol. The standard InChI is InChI=1S/C37H32N2/c1-2-37(22-10-11-23-37)39-35-17-9-7-15-30(35)32-25-27(19-21-36(32)39)26-18-20-34-31(24-26)29-14-6-8-16-33(29)38(34)28-12-4-3-5-13-28/h3-9,12-21,24-25H,2,10-11,22-23H2,1H3. The van der Waals surface area contributed by atoms with Crippen LogP contribution in [0.25, 0.3) is 60.4 Å². The Balaban J connectivity index is 1.35. The van der Waals surface area contributed by atoms with Crippen molar-refractivity contribution in [3.05, 3.63) is 115 Å². The fourth-order valence-electron chi connectivity index (χ4n) is 7.44. The monoisotopic (exact) mass is 504 g/mol.